The van der Waals surface area contributed by atoms with Crippen molar-refractivity contribution in [3.05, 3.63) is 29.3 Å². The zero-order valence-corrected chi connectivity index (χ0v) is 12.3. The van der Waals surface area contributed by atoms with Crippen LogP contribution in [0, 0.1) is 12.8 Å². The molecule has 108 valence electrons. The largest absolute Gasteiger partial charge is 0.488 e. The van der Waals surface area contributed by atoms with Gasteiger partial charge in [-0.3, -0.25) is 0 Å². The van der Waals surface area contributed by atoms with E-state index in [-0.39, 0.29) is 0 Å². The molecule has 5 rings (SSSR count). The van der Waals surface area contributed by atoms with E-state index in [1.54, 1.807) is 0 Å². The van der Waals surface area contributed by atoms with Crippen molar-refractivity contribution in [2.45, 2.75) is 38.3 Å². The predicted octanol–water partition coefficient (Wildman–Crippen LogP) is 1.98. The van der Waals surface area contributed by atoms with Gasteiger partial charge in [0.05, 0.1) is 0 Å². The summed E-state index contributed by atoms with van der Waals surface area (Å²) in [5.41, 5.74) is 2.71. The fourth-order valence-corrected chi connectivity index (χ4v) is 4.04. The molecule has 2 unspecified atom stereocenters. The van der Waals surface area contributed by atoms with Gasteiger partial charge < -0.3 is 15.0 Å². The lowest BCUT2D eigenvalue weighted by atomic mass is 9.84. The second kappa shape index (κ2) is 5.05. The molecule has 0 aromatic heterocycles. The van der Waals surface area contributed by atoms with Crippen LogP contribution in [0.5, 0.6) is 5.75 Å². The molecule has 0 aliphatic carbocycles. The lowest BCUT2D eigenvalue weighted by Gasteiger charge is -2.45. The summed E-state index contributed by atoms with van der Waals surface area (Å²) in [5, 5.41) is 3.78. The van der Waals surface area contributed by atoms with Gasteiger partial charge in [-0.15, -0.1) is 0 Å². The molecule has 3 heteroatoms. The van der Waals surface area contributed by atoms with Crippen LogP contribution in [0.3, 0.4) is 0 Å². The van der Waals surface area contributed by atoms with E-state index in [9.17, 15) is 0 Å². The van der Waals surface area contributed by atoms with E-state index in [1.165, 1.54) is 43.6 Å². The highest BCUT2D eigenvalue weighted by molar-refractivity contribution is 5.40. The Morgan fingerprint density at radius 3 is 2.90 bits per heavy atom. The predicted molar refractivity (Wildman–Crippen MR) is 80.3 cm³/mol. The summed E-state index contributed by atoms with van der Waals surface area (Å²) >= 11 is 0. The highest BCUT2D eigenvalue weighted by atomic mass is 16.5. The second-order valence-corrected chi connectivity index (χ2v) is 6.71. The molecule has 2 atom stereocenters. The van der Waals surface area contributed by atoms with Gasteiger partial charge in [0.1, 0.15) is 11.9 Å². The van der Waals surface area contributed by atoms with Crippen molar-refractivity contribution in [1.29, 1.82) is 0 Å². The smallest absolute Gasteiger partial charge is 0.123 e. The summed E-state index contributed by atoms with van der Waals surface area (Å²) in [6, 6.07) is 7.22. The Labute approximate surface area is 121 Å². The normalized spacial score (nSPS) is 34.9. The van der Waals surface area contributed by atoms with Gasteiger partial charge in [0.25, 0.3) is 0 Å². The third-order valence-electron chi connectivity index (χ3n) is 5.22. The van der Waals surface area contributed by atoms with Crippen LogP contribution < -0.4 is 10.1 Å². The van der Waals surface area contributed by atoms with Crippen LogP contribution in [-0.2, 0) is 6.42 Å². The van der Waals surface area contributed by atoms with Crippen molar-refractivity contribution >= 4 is 0 Å². The zero-order valence-electron chi connectivity index (χ0n) is 12.3. The Balaban J connectivity index is 1.33. The molecule has 4 heterocycles. The summed E-state index contributed by atoms with van der Waals surface area (Å²) in [6.45, 7) is 7.01. The van der Waals surface area contributed by atoms with Crippen molar-refractivity contribution in [3.8, 4) is 5.75 Å². The summed E-state index contributed by atoms with van der Waals surface area (Å²) in [5.74, 6) is 1.99. The van der Waals surface area contributed by atoms with E-state index in [4.69, 9.17) is 4.74 Å². The first-order valence-electron chi connectivity index (χ1n) is 8.00. The average molecular weight is 272 g/mol. The molecule has 3 fully saturated rings. The van der Waals surface area contributed by atoms with Crippen molar-refractivity contribution in [2.24, 2.45) is 5.92 Å². The zero-order chi connectivity index (χ0) is 13.5. The van der Waals surface area contributed by atoms with Gasteiger partial charge in [0.2, 0.25) is 0 Å². The topological polar surface area (TPSA) is 24.5 Å². The fourth-order valence-electron chi connectivity index (χ4n) is 4.04. The minimum Gasteiger partial charge on any atom is -0.488 e. The van der Waals surface area contributed by atoms with Crippen LogP contribution in [0.25, 0.3) is 0 Å². The van der Waals surface area contributed by atoms with Crippen LogP contribution in [0.1, 0.15) is 24.0 Å². The molecule has 2 bridgehead atoms. The second-order valence-electron chi connectivity index (χ2n) is 6.71. The summed E-state index contributed by atoms with van der Waals surface area (Å²) < 4.78 is 6.06. The molecule has 0 saturated carbocycles. The Kier molecular flexibility index (Phi) is 3.20. The van der Waals surface area contributed by atoms with Crippen LogP contribution >= 0.6 is 0 Å². The highest BCUT2D eigenvalue weighted by Gasteiger charge is 2.34. The van der Waals surface area contributed by atoms with Gasteiger partial charge in [0.15, 0.2) is 0 Å². The van der Waals surface area contributed by atoms with Crippen molar-refractivity contribution in [2.75, 3.05) is 26.2 Å². The van der Waals surface area contributed by atoms with E-state index < -0.39 is 0 Å². The molecule has 4 aliphatic heterocycles. The Bertz CT molecular complexity index is 494. The molecule has 0 amide bonds. The highest BCUT2D eigenvalue weighted by Crippen LogP contribution is 2.30. The minimum atomic E-state index is 0.322. The van der Waals surface area contributed by atoms with Crippen LogP contribution in [0.15, 0.2) is 18.2 Å². The van der Waals surface area contributed by atoms with Crippen molar-refractivity contribution in [3.63, 3.8) is 0 Å². The molecule has 3 saturated heterocycles. The van der Waals surface area contributed by atoms with E-state index in [2.05, 4.69) is 35.3 Å². The van der Waals surface area contributed by atoms with Gasteiger partial charge in [-0.1, -0.05) is 17.7 Å². The number of piperidine rings is 3. The molecular weight excluding hydrogens is 248 g/mol. The standard InChI is InChI=1S/C17H24N2O/c1-12-2-3-17-14(8-12)9-15(20-17)10-18-16-11-19-6-4-13(16)5-7-19/h2-3,8,13,15-16,18H,4-7,9-11H2,1H3. The maximum atomic E-state index is 6.06. The number of rotatable bonds is 3. The van der Waals surface area contributed by atoms with Gasteiger partial charge >= 0.3 is 0 Å². The Morgan fingerprint density at radius 2 is 2.15 bits per heavy atom. The van der Waals surface area contributed by atoms with Crippen LogP contribution in [-0.4, -0.2) is 43.2 Å². The monoisotopic (exact) mass is 272 g/mol. The van der Waals surface area contributed by atoms with Crippen molar-refractivity contribution < 1.29 is 4.74 Å². The molecule has 3 nitrogen and oxygen atoms in total. The molecule has 20 heavy (non-hydrogen) atoms. The van der Waals surface area contributed by atoms with Gasteiger partial charge in [0, 0.05) is 25.6 Å². The molecule has 1 N–H and O–H groups in total. The number of hydrogen-bond donors (Lipinski definition) is 1. The van der Waals surface area contributed by atoms with Gasteiger partial charge in [-0.25, -0.2) is 0 Å². The minimum absolute atomic E-state index is 0.322. The molecule has 1 aromatic rings. The maximum Gasteiger partial charge on any atom is 0.123 e. The fraction of sp³-hybridized carbons (Fsp3) is 0.647. The summed E-state index contributed by atoms with van der Waals surface area (Å²) in [4.78, 5) is 2.60. The lowest BCUT2D eigenvalue weighted by Crippen LogP contribution is -2.57. The van der Waals surface area contributed by atoms with E-state index in [0.717, 1.165) is 24.6 Å². The first kappa shape index (κ1) is 12.7. The lowest BCUT2D eigenvalue weighted by molar-refractivity contribution is 0.0673. The molecule has 0 radical (unpaired) electrons. The number of fused-ring (bicyclic) bond motifs is 4. The maximum absolute atomic E-state index is 6.06. The number of ether oxygens (including phenoxy) is 1. The molecule has 4 aliphatic rings. The van der Waals surface area contributed by atoms with E-state index >= 15 is 0 Å². The SMILES string of the molecule is Cc1ccc2c(c1)CC(CNC1CN3CCC1CC3)O2. The summed E-state index contributed by atoms with van der Waals surface area (Å²) in [6.07, 6.45) is 4.14. The Morgan fingerprint density at radius 1 is 1.30 bits per heavy atom. The van der Waals surface area contributed by atoms with Crippen LogP contribution in [0.4, 0.5) is 0 Å². The average Bonchev–Trinajstić information content (AvgIpc) is 2.88. The number of hydrogen-bond acceptors (Lipinski definition) is 3. The third kappa shape index (κ3) is 2.33. The third-order valence-corrected chi connectivity index (χ3v) is 5.22. The Hall–Kier alpha value is -1.06. The molecule has 0 spiro atoms. The molecule has 1 aromatic carbocycles. The van der Waals surface area contributed by atoms with Gasteiger partial charge in [-0.2, -0.15) is 0 Å². The summed E-state index contributed by atoms with van der Waals surface area (Å²) in [7, 11) is 0. The van der Waals surface area contributed by atoms with Crippen molar-refractivity contribution in [1.82, 2.24) is 10.2 Å². The number of nitrogens with zero attached hydrogens (tertiary/aromatic N) is 1. The number of aryl methyl sites for hydroxylation is 1. The van der Waals surface area contributed by atoms with E-state index in [0.29, 0.717) is 12.1 Å². The quantitative estimate of drug-likeness (QED) is 0.910. The van der Waals surface area contributed by atoms with E-state index in [1.807, 2.05) is 0 Å². The molecular formula is C17H24N2O. The number of benzene rings is 1. The van der Waals surface area contributed by atoms with Crippen LogP contribution in [0.2, 0.25) is 0 Å². The first-order chi connectivity index (χ1) is 9.78. The first-order valence-corrected chi connectivity index (χ1v) is 8.00. The van der Waals surface area contributed by atoms with Gasteiger partial charge in [-0.05, 0) is 50.4 Å². The number of nitrogens with one attached hydrogen (secondary N) is 1.